The highest BCUT2D eigenvalue weighted by Gasteiger charge is 2.14. The predicted octanol–water partition coefficient (Wildman–Crippen LogP) is 4.56. The van der Waals surface area contributed by atoms with Crippen molar-refractivity contribution in [2.24, 2.45) is 7.05 Å². The fourth-order valence-electron chi connectivity index (χ4n) is 2.32. The van der Waals surface area contributed by atoms with Crippen LogP contribution in [-0.2, 0) is 11.8 Å². The largest absolute Gasteiger partial charge is 0.309 e. The summed E-state index contributed by atoms with van der Waals surface area (Å²) in [6.07, 6.45) is 0. The zero-order valence-corrected chi connectivity index (χ0v) is 17.8. The monoisotopic (exact) mass is 451 g/mol. The van der Waals surface area contributed by atoms with Crippen molar-refractivity contribution in [1.82, 2.24) is 19.7 Å². The molecule has 0 aliphatic carbocycles. The van der Waals surface area contributed by atoms with Gasteiger partial charge in [0.15, 0.2) is 10.3 Å². The van der Waals surface area contributed by atoms with Crippen LogP contribution in [0.15, 0.2) is 39.3 Å². The second-order valence-corrected chi connectivity index (χ2v) is 8.65. The van der Waals surface area contributed by atoms with Crippen molar-refractivity contribution >= 4 is 50.1 Å². The molecule has 0 unspecified atom stereocenters. The number of rotatable bonds is 6. The fraction of sp³-hybridized carbons (Fsp3) is 0.294. The zero-order chi connectivity index (χ0) is 18.7. The standard InChI is InChI=1S/C17H18BrN5OS2/c1-10(2)15-21-22-17(23(15)3)26-9-14(24)20-16-19-13(8-25-16)11-4-6-12(18)7-5-11/h4-8,10H,9H2,1-3H3,(H,19,20,24). The van der Waals surface area contributed by atoms with E-state index in [1.807, 2.05) is 41.3 Å². The van der Waals surface area contributed by atoms with Crippen molar-refractivity contribution in [3.63, 3.8) is 0 Å². The number of hydrogen-bond donors (Lipinski definition) is 1. The van der Waals surface area contributed by atoms with E-state index in [-0.39, 0.29) is 11.7 Å². The Kier molecular flexibility index (Phi) is 6.10. The third-order valence-corrected chi connectivity index (χ3v) is 5.91. The van der Waals surface area contributed by atoms with Gasteiger partial charge >= 0.3 is 0 Å². The molecule has 1 N–H and O–H groups in total. The van der Waals surface area contributed by atoms with E-state index in [1.165, 1.54) is 23.1 Å². The summed E-state index contributed by atoms with van der Waals surface area (Å²) in [7, 11) is 1.92. The van der Waals surface area contributed by atoms with Gasteiger partial charge in [0.2, 0.25) is 5.91 Å². The lowest BCUT2D eigenvalue weighted by Crippen LogP contribution is -2.14. The van der Waals surface area contributed by atoms with Gasteiger partial charge in [-0.05, 0) is 12.1 Å². The summed E-state index contributed by atoms with van der Waals surface area (Å²) >= 11 is 6.20. The Bertz CT molecular complexity index is 904. The van der Waals surface area contributed by atoms with E-state index in [2.05, 4.69) is 50.3 Å². The number of halogens is 1. The highest BCUT2D eigenvalue weighted by molar-refractivity contribution is 9.10. The minimum Gasteiger partial charge on any atom is -0.309 e. The van der Waals surface area contributed by atoms with Crippen LogP contribution in [0, 0.1) is 0 Å². The molecule has 1 amide bonds. The molecule has 3 rings (SSSR count). The van der Waals surface area contributed by atoms with Gasteiger partial charge in [-0.3, -0.25) is 4.79 Å². The Morgan fingerprint density at radius 3 is 2.69 bits per heavy atom. The number of thiazole rings is 1. The zero-order valence-electron chi connectivity index (χ0n) is 14.6. The van der Waals surface area contributed by atoms with Gasteiger partial charge in [0, 0.05) is 28.4 Å². The quantitative estimate of drug-likeness (QED) is 0.556. The van der Waals surface area contributed by atoms with Crippen molar-refractivity contribution < 1.29 is 4.79 Å². The molecule has 26 heavy (non-hydrogen) atoms. The van der Waals surface area contributed by atoms with Gasteiger partial charge in [-0.2, -0.15) is 0 Å². The van der Waals surface area contributed by atoms with E-state index in [0.717, 1.165) is 26.7 Å². The molecule has 0 atom stereocenters. The van der Waals surface area contributed by atoms with Crippen LogP contribution in [0.1, 0.15) is 25.6 Å². The van der Waals surface area contributed by atoms with E-state index < -0.39 is 0 Å². The second-order valence-electron chi connectivity index (χ2n) is 5.94. The smallest absolute Gasteiger partial charge is 0.236 e. The third kappa shape index (κ3) is 4.52. The molecule has 0 saturated heterocycles. The first-order chi connectivity index (χ1) is 12.4. The molecule has 0 bridgehead atoms. The van der Waals surface area contributed by atoms with Crippen molar-refractivity contribution in [2.45, 2.75) is 24.9 Å². The van der Waals surface area contributed by atoms with Crippen LogP contribution in [0.4, 0.5) is 5.13 Å². The van der Waals surface area contributed by atoms with Gasteiger partial charge < -0.3 is 9.88 Å². The van der Waals surface area contributed by atoms with Crippen LogP contribution in [0.5, 0.6) is 0 Å². The number of carbonyl (C=O) groups is 1. The summed E-state index contributed by atoms with van der Waals surface area (Å²) < 4.78 is 2.95. The summed E-state index contributed by atoms with van der Waals surface area (Å²) in [6.45, 7) is 4.13. The molecule has 0 spiro atoms. The lowest BCUT2D eigenvalue weighted by atomic mass is 10.2. The first kappa shape index (κ1) is 19.1. The molecule has 0 fully saturated rings. The van der Waals surface area contributed by atoms with Crippen LogP contribution >= 0.6 is 39.0 Å². The van der Waals surface area contributed by atoms with Crippen LogP contribution in [0.25, 0.3) is 11.3 Å². The molecule has 9 heteroatoms. The average molecular weight is 452 g/mol. The maximum Gasteiger partial charge on any atom is 0.236 e. The number of carbonyl (C=O) groups excluding carboxylic acids is 1. The summed E-state index contributed by atoms with van der Waals surface area (Å²) in [5, 5.41) is 14.4. The van der Waals surface area contributed by atoms with Crippen molar-refractivity contribution in [3.05, 3.63) is 39.9 Å². The van der Waals surface area contributed by atoms with Crippen LogP contribution < -0.4 is 5.32 Å². The molecular weight excluding hydrogens is 434 g/mol. The molecular formula is C17H18BrN5OS2. The average Bonchev–Trinajstić information content (AvgIpc) is 3.20. The van der Waals surface area contributed by atoms with Gasteiger partial charge in [0.25, 0.3) is 0 Å². The second kappa shape index (κ2) is 8.32. The molecule has 0 aliphatic rings. The van der Waals surface area contributed by atoms with E-state index in [0.29, 0.717) is 11.0 Å². The highest BCUT2D eigenvalue weighted by atomic mass is 79.9. The van der Waals surface area contributed by atoms with Crippen LogP contribution in [0.2, 0.25) is 0 Å². The molecule has 136 valence electrons. The first-order valence-corrected chi connectivity index (χ1v) is 10.6. The summed E-state index contributed by atoms with van der Waals surface area (Å²) in [5.74, 6) is 1.35. The number of aromatic nitrogens is 4. The summed E-state index contributed by atoms with van der Waals surface area (Å²) in [5.41, 5.74) is 1.86. The number of anilines is 1. The van der Waals surface area contributed by atoms with Crippen molar-refractivity contribution in [2.75, 3.05) is 11.1 Å². The Balaban J connectivity index is 1.58. The van der Waals surface area contributed by atoms with E-state index in [4.69, 9.17) is 0 Å². The van der Waals surface area contributed by atoms with Gasteiger partial charge in [0.1, 0.15) is 5.82 Å². The molecule has 0 aliphatic heterocycles. The molecule has 0 saturated carbocycles. The SMILES string of the molecule is CC(C)c1nnc(SCC(=O)Nc2nc(-c3ccc(Br)cc3)cs2)n1C. The van der Waals surface area contributed by atoms with Crippen molar-refractivity contribution in [1.29, 1.82) is 0 Å². The minimum atomic E-state index is -0.110. The number of amides is 1. The predicted molar refractivity (Wildman–Crippen MR) is 110 cm³/mol. The summed E-state index contributed by atoms with van der Waals surface area (Å²) in [4.78, 5) is 16.7. The third-order valence-electron chi connectivity index (χ3n) is 3.61. The number of benzene rings is 1. The van der Waals surface area contributed by atoms with Crippen molar-refractivity contribution in [3.8, 4) is 11.3 Å². The normalized spacial score (nSPS) is 11.1. The minimum absolute atomic E-state index is 0.110. The first-order valence-electron chi connectivity index (χ1n) is 7.97. The van der Waals surface area contributed by atoms with E-state index in [9.17, 15) is 4.79 Å². The van der Waals surface area contributed by atoms with Gasteiger partial charge in [-0.25, -0.2) is 4.98 Å². The Labute approximate surface area is 168 Å². The van der Waals surface area contributed by atoms with Crippen LogP contribution in [-0.4, -0.2) is 31.4 Å². The van der Waals surface area contributed by atoms with E-state index in [1.54, 1.807) is 0 Å². The highest BCUT2D eigenvalue weighted by Crippen LogP contribution is 2.26. The maximum atomic E-state index is 12.2. The molecule has 2 heterocycles. The Morgan fingerprint density at radius 1 is 1.31 bits per heavy atom. The lowest BCUT2D eigenvalue weighted by Gasteiger charge is -2.05. The van der Waals surface area contributed by atoms with Gasteiger partial charge in [0.05, 0.1) is 11.4 Å². The topological polar surface area (TPSA) is 72.7 Å². The summed E-state index contributed by atoms with van der Waals surface area (Å²) in [6, 6.07) is 7.91. The molecule has 3 aromatic rings. The molecule has 2 aromatic heterocycles. The Morgan fingerprint density at radius 2 is 2.04 bits per heavy atom. The Hall–Kier alpha value is -1.71. The molecule has 1 aromatic carbocycles. The number of thioether (sulfide) groups is 1. The number of nitrogens with zero attached hydrogens (tertiary/aromatic N) is 4. The molecule has 6 nitrogen and oxygen atoms in total. The number of hydrogen-bond acceptors (Lipinski definition) is 6. The van der Waals surface area contributed by atoms with Crippen LogP contribution in [0.3, 0.4) is 0 Å². The van der Waals surface area contributed by atoms with Gasteiger partial charge in [-0.1, -0.05) is 53.7 Å². The maximum absolute atomic E-state index is 12.2. The van der Waals surface area contributed by atoms with E-state index >= 15 is 0 Å². The number of nitrogens with one attached hydrogen (secondary N) is 1. The fourth-order valence-corrected chi connectivity index (χ4v) is 4.04. The van der Waals surface area contributed by atoms with Gasteiger partial charge in [-0.15, -0.1) is 21.5 Å². The molecule has 0 radical (unpaired) electrons. The lowest BCUT2D eigenvalue weighted by molar-refractivity contribution is -0.113.